The molecule has 2 heterocycles. The lowest BCUT2D eigenvalue weighted by Crippen LogP contribution is -2.47. The van der Waals surface area contributed by atoms with Crippen LogP contribution in [0.3, 0.4) is 0 Å². The van der Waals surface area contributed by atoms with Gasteiger partial charge in [-0.1, -0.05) is 32.0 Å². The van der Waals surface area contributed by atoms with Gasteiger partial charge in [-0.3, -0.25) is 4.31 Å². The minimum Gasteiger partial charge on any atom is -0.317 e. The number of hydrogen-bond acceptors (Lipinski definition) is 3. The van der Waals surface area contributed by atoms with Crippen LogP contribution in [0.15, 0.2) is 24.3 Å². The van der Waals surface area contributed by atoms with Crippen LogP contribution in [0.25, 0.3) is 0 Å². The average Bonchev–Trinajstić information content (AvgIpc) is 2.60. The van der Waals surface area contributed by atoms with Crippen LogP contribution in [-0.2, 0) is 14.8 Å². The molecule has 2 aliphatic rings. The Labute approximate surface area is 121 Å². The second-order valence-corrected chi connectivity index (χ2v) is 8.36. The van der Waals surface area contributed by atoms with Gasteiger partial charge in [0.2, 0.25) is 10.0 Å². The fraction of sp³-hybridized carbons (Fsp3) is 0.600. The van der Waals surface area contributed by atoms with Gasteiger partial charge < -0.3 is 5.32 Å². The Bertz CT molecular complexity index is 604. The third-order valence-corrected chi connectivity index (χ3v) is 6.93. The van der Waals surface area contributed by atoms with Gasteiger partial charge in [0.25, 0.3) is 0 Å². The Morgan fingerprint density at radius 1 is 1.25 bits per heavy atom. The van der Waals surface area contributed by atoms with Crippen LogP contribution >= 0.6 is 0 Å². The first kappa shape index (κ1) is 13.9. The molecule has 0 atom stereocenters. The van der Waals surface area contributed by atoms with Crippen LogP contribution in [0.2, 0.25) is 0 Å². The van der Waals surface area contributed by atoms with E-state index in [1.807, 2.05) is 24.3 Å². The van der Waals surface area contributed by atoms with E-state index in [9.17, 15) is 8.42 Å². The lowest BCUT2D eigenvalue weighted by molar-refractivity contribution is 0.401. The van der Waals surface area contributed by atoms with E-state index in [-0.39, 0.29) is 0 Å². The smallest absolute Gasteiger partial charge is 0.245 e. The van der Waals surface area contributed by atoms with Crippen LogP contribution in [0.1, 0.15) is 32.3 Å². The molecule has 20 heavy (non-hydrogen) atoms. The predicted molar refractivity (Wildman–Crippen MR) is 81.3 cm³/mol. The van der Waals surface area contributed by atoms with Crippen LogP contribution in [-0.4, -0.2) is 28.1 Å². The van der Waals surface area contributed by atoms with E-state index >= 15 is 0 Å². The van der Waals surface area contributed by atoms with Crippen molar-refractivity contribution in [1.82, 2.24) is 5.32 Å². The van der Waals surface area contributed by atoms with Crippen LogP contribution < -0.4 is 9.62 Å². The number of para-hydroxylation sites is 1. The number of sulfonamides is 1. The molecule has 4 nitrogen and oxygen atoms in total. The molecule has 1 fully saturated rings. The molecular formula is C15H22N2O2S. The molecule has 0 saturated carbocycles. The summed E-state index contributed by atoms with van der Waals surface area (Å²) in [6, 6.07) is 7.84. The van der Waals surface area contributed by atoms with Crippen molar-refractivity contribution in [2.75, 3.05) is 23.9 Å². The van der Waals surface area contributed by atoms with Crippen molar-refractivity contribution in [2.45, 2.75) is 31.4 Å². The normalized spacial score (nSPS) is 23.2. The largest absolute Gasteiger partial charge is 0.317 e. The van der Waals surface area contributed by atoms with Gasteiger partial charge in [-0.2, -0.15) is 0 Å². The Kier molecular flexibility index (Phi) is 3.29. The highest BCUT2D eigenvalue weighted by Crippen LogP contribution is 2.51. The Balaban J connectivity index is 2.17. The first-order chi connectivity index (χ1) is 9.49. The number of nitrogens with zero attached hydrogens (tertiary/aromatic N) is 1. The molecule has 0 aliphatic carbocycles. The van der Waals surface area contributed by atoms with Gasteiger partial charge in [0.1, 0.15) is 4.75 Å². The number of rotatable bonds is 2. The maximum absolute atomic E-state index is 13.2. The molecule has 110 valence electrons. The van der Waals surface area contributed by atoms with Gasteiger partial charge in [0, 0.05) is 6.54 Å². The lowest BCUT2D eigenvalue weighted by atomic mass is 9.88. The number of fused-ring (bicyclic) bond motifs is 2. The number of anilines is 1. The fourth-order valence-electron chi connectivity index (χ4n) is 3.44. The molecule has 0 amide bonds. The Hall–Kier alpha value is -1.07. The van der Waals surface area contributed by atoms with Crippen molar-refractivity contribution < 1.29 is 8.42 Å². The topological polar surface area (TPSA) is 49.4 Å². The highest BCUT2D eigenvalue weighted by atomic mass is 32.2. The molecule has 3 rings (SSSR count). The summed E-state index contributed by atoms with van der Waals surface area (Å²) in [4.78, 5) is 0. The predicted octanol–water partition coefficient (Wildman–Crippen LogP) is 2.07. The Morgan fingerprint density at radius 2 is 1.90 bits per heavy atom. The molecule has 1 saturated heterocycles. The zero-order valence-electron chi connectivity index (χ0n) is 12.1. The quantitative estimate of drug-likeness (QED) is 0.908. The van der Waals surface area contributed by atoms with Gasteiger partial charge in [-0.25, -0.2) is 8.42 Å². The molecule has 1 aromatic rings. The summed E-state index contributed by atoms with van der Waals surface area (Å²) in [7, 11) is -3.31. The summed E-state index contributed by atoms with van der Waals surface area (Å²) in [6.07, 6.45) is 1.34. The Morgan fingerprint density at radius 3 is 2.55 bits per heavy atom. The van der Waals surface area contributed by atoms with Crippen molar-refractivity contribution in [3.63, 3.8) is 0 Å². The zero-order chi connectivity index (χ0) is 14.4. The van der Waals surface area contributed by atoms with Crippen molar-refractivity contribution >= 4 is 15.7 Å². The van der Waals surface area contributed by atoms with E-state index in [1.165, 1.54) is 0 Å². The maximum Gasteiger partial charge on any atom is 0.245 e. The van der Waals surface area contributed by atoms with Crippen molar-refractivity contribution in [3.8, 4) is 0 Å². The molecule has 0 bridgehead atoms. The second-order valence-electron chi connectivity index (χ2n) is 6.19. The lowest BCUT2D eigenvalue weighted by Gasteiger charge is -2.34. The molecule has 1 spiro atoms. The van der Waals surface area contributed by atoms with E-state index in [4.69, 9.17) is 0 Å². The average molecular weight is 294 g/mol. The van der Waals surface area contributed by atoms with E-state index in [0.717, 1.165) is 24.3 Å². The van der Waals surface area contributed by atoms with Crippen molar-refractivity contribution in [2.24, 2.45) is 5.92 Å². The van der Waals surface area contributed by atoms with Gasteiger partial charge in [-0.05, 0) is 43.5 Å². The van der Waals surface area contributed by atoms with Crippen molar-refractivity contribution in [1.29, 1.82) is 0 Å². The third kappa shape index (κ3) is 1.79. The maximum atomic E-state index is 13.2. The first-order valence-electron chi connectivity index (χ1n) is 7.31. The van der Waals surface area contributed by atoms with Crippen LogP contribution in [0.4, 0.5) is 5.69 Å². The number of piperidine rings is 1. The van der Waals surface area contributed by atoms with Crippen LogP contribution in [0.5, 0.6) is 0 Å². The van der Waals surface area contributed by atoms with Gasteiger partial charge in [-0.15, -0.1) is 0 Å². The van der Waals surface area contributed by atoms with Gasteiger partial charge >= 0.3 is 0 Å². The third-order valence-electron chi connectivity index (χ3n) is 4.39. The van der Waals surface area contributed by atoms with Gasteiger partial charge in [0.05, 0.1) is 5.69 Å². The molecule has 5 heteroatoms. The van der Waals surface area contributed by atoms with Crippen molar-refractivity contribution in [3.05, 3.63) is 29.8 Å². The summed E-state index contributed by atoms with van der Waals surface area (Å²) in [5.74, 6) is 0.315. The van der Waals surface area contributed by atoms with Gasteiger partial charge in [0.15, 0.2) is 0 Å². The van der Waals surface area contributed by atoms with Crippen LogP contribution in [0, 0.1) is 5.92 Å². The molecule has 0 radical (unpaired) electrons. The number of hydrogen-bond donors (Lipinski definition) is 1. The highest BCUT2D eigenvalue weighted by molar-refractivity contribution is 7.94. The van der Waals surface area contributed by atoms with E-state index in [2.05, 4.69) is 19.2 Å². The molecule has 1 N–H and O–H groups in total. The van der Waals surface area contributed by atoms with E-state index in [0.29, 0.717) is 25.3 Å². The van der Waals surface area contributed by atoms with E-state index < -0.39 is 14.8 Å². The SMILES string of the molecule is CC(C)CN1c2ccccc2C2(CCNCC2)S1(=O)=O. The molecular weight excluding hydrogens is 272 g/mol. The number of benzene rings is 1. The highest BCUT2D eigenvalue weighted by Gasteiger charge is 2.55. The first-order valence-corrected chi connectivity index (χ1v) is 8.75. The minimum absolute atomic E-state index is 0.315. The molecule has 0 unspecified atom stereocenters. The molecule has 1 aromatic carbocycles. The summed E-state index contributed by atoms with van der Waals surface area (Å²) >= 11 is 0. The summed E-state index contributed by atoms with van der Waals surface area (Å²) in [5, 5.41) is 3.28. The monoisotopic (exact) mass is 294 g/mol. The number of nitrogens with one attached hydrogen (secondary N) is 1. The second kappa shape index (κ2) is 4.74. The summed E-state index contributed by atoms with van der Waals surface area (Å²) < 4.78 is 27.3. The summed E-state index contributed by atoms with van der Waals surface area (Å²) in [6.45, 7) is 6.22. The molecule has 0 aromatic heterocycles. The summed E-state index contributed by atoms with van der Waals surface area (Å²) in [5.41, 5.74) is 1.89. The fourth-order valence-corrected chi connectivity index (χ4v) is 5.95. The minimum atomic E-state index is -3.31. The standard InChI is InChI=1S/C15H22N2O2S/c1-12(2)11-17-14-6-4-3-5-13(14)15(20(17,18)19)7-9-16-10-8-15/h3-6,12,16H,7-11H2,1-2H3. The zero-order valence-corrected chi connectivity index (χ0v) is 12.9. The van der Waals surface area contributed by atoms with E-state index in [1.54, 1.807) is 4.31 Å². The molecule has 2 aliphatic heterocycles.